The van der Waals surface area contributed by atoms with Crippen molar-refractivity contribution in [1.82, 2.24) is 4.90 Å². The van der Waals surface area contributed by atoms with Gasteiger partial charge >= 0.3 is 18.4 Å². The van der Waals surface area contributed by atoms with Gasteiger partial charge in [-0.2, -0.15) is 26.3 Å². The maximum absolute atomic E-state index is 14.0. The third-order valence-corrected chi connectivity index (χ3v) is 5.49. The Morgan fingerprint density at radius 2 is 1.75 bits per heavy atom. The summed E-state index contributed by atoms with van der Waals surface area (Å²) in [5, 5.41) is 9.74. The molecule has 0 saturated carbocycles. The highest BCUT2D eigenvalue weighted by atomic mass is 19.4. The number of alkyl halides is 6. The van der Waals surface area contributed by atoms with E-state index in [1.165, 1.54) is 0 Å². The highest BCUT2D eigenvalue weighted by Gasteiger charge is 2.39. The highest BCUT2D eigenvalue weighted by molar-refractivity contribution is 5.93. The molecular formula is C21H19F7N2O2. The lowest BCUT2D eigenvalue weighted by molar-refractivity contribution is -0.142. The monoisotopic (exact) mass is 464 g/mol. The molecule has 1 N–H and O–H groups in total. The van der Waals surface area contributed by atoms with E-state index < -0.39 is 46.5 Å². The molecule has 2 aromatic carbocycles. The molecule has 1 amide bonds. The predicted octanol–water partition coefficient (Wildman–Crippen LogP) is 6.11. The Bertz CT molecular complexity index is 1000. The summed E-state index contributed by atoms with van der Waals surface area (Å²) < 4.78 is 94.1. The number of carbonyl (C=O) groups is 1. The Morgan fingerprint density at radius 1 is 1.06 bits per heavy atom. The first-order valence-electron chi connectivity index (χ1n) is 9.58. The summed E-state index contributed by atoms with van der Waals surface area (Å²) in [6, 6.07) is 3.39. The maximum atomic E-state index is 14.0. The number of carboxylic acid groups (broad SMARTS) is 1. The molecule has 0 aromatic heterocycles. The van der Waals surface area contributed by atoms with Gasteiger partial charge < -0.3 is 10.0 Å². The van der Waals surface area contributed by atoms with Gasteiger partial charge in [-0.25, -0.2) is 9.18 Å². The van der Waals surface area contributed by atoms with Crippen LogP contribution in [0.2, 0.25) is 0 Å². The third-order valence-electron chi connectivity index (χ3n) is 5.49. The minimum atomic E-state index is -5.19. The third kappa shape index (κ3) is 4.98. The molecule has 3 rings (SSSR count). The van der Waals surface area contributed by atoms with Crippen molar-refractivity contribution in [3.63, 3.8) is 0 Å². The van der Waals surface area contributed by atoms with Gasteiger partial charge in [-0.3, -0.25) is 4.90 Å². The molecule has 174 valence electrons. The van der Waals surface area contributed by atoms with E-state index >= 15 is 0 Å². The van der Waals surface area contributed by atoms with E-state index in [2.05, 4.69) is 0 Å². The molecule has 0 bridgehead atoms. The van der Waals surface area contributed by atoms with Crippen LogP contribution in [0.1, 0.15) is 24.0 Å². The maximum Gasteiger partial charge on any atom is 0.417 e. The number of anilines is 1. The van der Waals surface area contributed by atoms with Gasteiger partial charge in [-0.1, -0.05) is 6.07 Å². The molecule has 1 fully saturated rings. The van der Waals surface area contributed by atoms with Crippen LogP contribution < -0.4 is 4.90 Å². The van der Waals surface area contributed by atoms with Crippen molar-refractivity contribution in [1.29, 1.82) is 0 Å². The van der Waals surface area contributed by atoms with Gasteiger partial charge in [0, 0.05) is 18.2 Å². The second kappa shape index (κ2) is 8.61. The topological polar surface area (TPSA) is 43.8 Å². The first-order chi connectivity index (χ1) is 14.8. The summed E-state index contributed by atoms with van der Waals surface area (Å²) in [5.74, 6) is -0.958. The normalized spacial score (nSPS) is 17.6. The van der Waals surface area contributed by atoms with Crippen molar-refractivity contribution in [3.05, 3.63) is 53.3 Å². The Labute approximate surface area is 178 Å². The largest absolute Gasteiger partial charge is 0.465 e. The van der Waals surface area contributed by atoms with Gasteiger partial charge in [0.1, 0.15) is 5.82 Å². The van der Waals surface area contributed by atoms with E-state index in [1.807, 2.05) is 4.90 Å². The zero-order chi connectivity index (χ0) is 23.8. The quantitative estimate of drug-likeness (QED) is 0.556. The molecule has 1 unspecified atom stereocenters. The summed E-state index contributed by atoms with van der Waals surface area (Å²) in [7, 11) is 1.78. The molecule has 32 heavy (non-hydrogen) atoms. The number of likely N-dealkylation sites (tertiary alicyclic amines) is 1. The lowest BCUT2D eigenvalue weighted by Gasteiger charge is -2.29. The number of nitrogens with zero attached hydrogens (tertiary/aromatic N) is 2. The number of hydrogen-bond acceptors (Lipinski definition) is 2. The van der Waals surface area contributed by atoms with Gasteiger partial charge in [0.05, 0.1) is 16.8 Å². The number of hydrogen-bond donors (Lipinski definition) is 1. The molecule has 0 aliphatic carbocycles. The first-order valence-corrected chi connectivity index (χ1v) is 9.58. The highest BCUT2D eigenvalue weighted by Crippen LogP contribution is 2.43. The fraction of sp³-hybridized carbons (Fsp3) is 0.381. The zero-order valence-electron chi connectivity index (χ0n) is 16.8. The summed E-state index contributed by atoms with van der Waals surface area (Å²) in [6.45, 7) is 0.623. The standard InChI is InChI=1S/C21H19F7N2O2/c1-29-8-2-3-14(29)11-30(19(31)32)18-7-5-13(22)10-16(18)15-6-4-12(20(23,24)25)9-17(15)21(26,27)28/h4-7,9-10,14H,2-3,8,11H2,1H3,(H,31,32). The molecular weight excluding hydrogens is 445 g/mol. The molecule has 0 spiro atoms. The molecule has 4 nitrogen and oxygen atoms in total. The fourth-order valence-corrected chi connectivity index (χ4v) is 3.85. The van der Waals surface area contributed by atoms with Gasteiger partial charge in [0.25, 0.3) is 0 Å². The second-order valence-electron chi connectivity index (χ2n) is 7.59. The van der Waals surface area contributed by atoms with Crippen LogP contribution in [0.25, 0.3) is 11.1 Å². The number of rotatable bonds is 4. The van der Waals surface area contributed by atoms with Crippen molar-refractivity contribution in [3.8, 4) is 11.1 Å². The molecule has 2 aromatic rings. The Hall–Kier alpha value is -2.82. The van der Waals surface area contributed by atoms with Crippen LogP contribution in [-0.2, 0) is 12.4 Å². The molecule has 1 aliphatic heterocycles. The SMILES string of the molecule is CN1CCCC1CN(C(=O)O)c1ccc(F)cc1-c1ccc(C(F)(F)F)cc1C(F)(F)F. The van der Waals surface area contributed by atoms with Gasteiger partial charge in [0.2, 0.25) is 0 Å². The Morgan fingerprint density at radius 3 is 2.28 bits per heavy atom. The minimum Gasteiger partial charge on any atom is -0.465 e. The molecule has 1 saturated heterocycles. The Balaban J connectivity index is 2.18. The molecule has 1 atom stereocenters. The summed E-state index contributed by atoms with van der Waals surface area (Å²) in [6.07, 6.45) is -10.2. The zero-order valence-corrected chi connectivity index (χ0v) is 16.8. The van der Waals surface area contributed by atoms with Crippen LogP contribution in [0.15, 0.2) is 36.4 Å². The number of halogens is 7. The summed E-state index contributed by atoms with van der Waals surface area (Å²) >= 11 is 0. The average Bonchev–Trinajstić information content (AvgIpc) is 3.09. The predicted molar refractivity (Wildman–Crippen MR) is 103 cm³/mol. The average molecular weight is 464 g/mol. The lowest BCUT2D eigenvalue weighted by atomic mass is 9.95. The van der Waals surface area contributed by atoms with Crippen LogP contribution in [0.3, 0.4) is 0 Å². The lowest BCUT2D eigenvalue weighted by Crippen LogP contribution is -2.41. The van der Waals surface area contributed by atoms with Crippen LogP contribution in [-0.4, -0.2) is 42.3 Å². The van der Waals surface area contributed by atoms with Gasteiger partial charge in [0.15, 0.2) is 0 Å². The smallest absolute Gasteiger partial charge is 0.417 e. The van der Waals surface area contributed by atoms with E-state index in [9.17, 15) is 40.6 Å². The van der Waals surface area contributed by atoms with E-state index in [-0.39, 0.29) is 24.3 Å². The second-order valence-corrected chi connectivity index (χ2v) is 7.59. The van der Waals surface area contributed by atoms with Crippen LogP contribution in [0, 0.1) is 5.82 Å². The van der Waals surface area contributed by atoms with Crippen LogP contribution in [0.5, 0.6) is 0 Å². The Kier molecular flexibility index (Phi) is 6.41. The van der Waals surface area contributed by atoms with Crippen molar-refractivity contribution < 1.29 is 40.6 Å². The van der Waals surface area contributed by atoms with Crippen LogP contribution in [0.4, 0.5) is 41.2 Å². The molecule has 1 aliphatic rings. The van der Waals surface area contributed by atoms with E-state index in [0.29, 0.717) is 31.2 Å². The van der Waals surface area contributed by atoms with Crippen LogP contribution >= 0.6 is 0 Å². The van der Waals surface area contributed by atoms with Crippen molar-refractivity contribution in [2.45, 2.75) is 31.2 Å². The fourth-order valence-electron chi connectivity index (χ4n) is 3.85. The number of likely N-dealkylation sites (N-methyl/N-ethyl adjacent to an activating group) is 1. The summed E-state index contributed by atoms with van der Waals surface area (Å²) in [5.41, 5.74) is -4.61. The van der Waals surface area contributed by atoms with E-state index in [4.69, 9.17) is 0 Å². The molecule has 1 heterocycles. The first kappa shape index (κ1) is 23.8. The van der Waals surface area contributed by atoms with E-state index in [1.54, 1.807) is 7.05 Å². The summed E-state index contributed by atoms with van der Waals surface area (Å²) in [4.78, 5) is 14.7. The molecule has 11 heteroatoms. The van der Waals surface area contributed by atoms with Crippen molar-refractivity contribution in [2.24, 2.45) is 0 Å². The van der Waals surface area contributed by atoms with Gasteiger partial charge in [-0.15, -0.1) is 0 Å². The van der Waals surface area contributed by atoms with Crippen molar-refractivity contribution in [2.75, 3.05) is 25.0 Å². The van der Waals surface area contributed by atoms with Gasteiger partial charge in [-0.05, 0) is 62.3 Å². The van der Waals surface area contributed by atoms with Crippen molar-refractivity contribution >= 4 is 11.8 Å². The molecule has 0 radical (unpaired) electrons. The number of amides is 1. The minimum absolute atomic E-state index is 0.0557. The van der Waals surface area contributed by atoms with E-state index in [0.717, 1.165) is 23.5 Å². The number of benzene rings is 2.